The zero-order chi connectivity index (χ0) is 37.7. The Morgan fingerprint density at radius 3 is 2.56 bits per heavy atom. The van der Waals surface area contributed by atoms with Gasteiger partial charge in [0.05, 0.1) is 31.9 Å². The van der Waals surface area contributed by atoms with Crippen molar-refractivity contribution in [3.63, 3.8) is 0 Å². The number of rotatable bonds is 8. The molecular formula is C23H21N5O5S. The number of aromatic nitrogens is 4. The summed E-state index contributed by atoms with van der Waals surface area (Å²) in [4.78, 5) is 14.6. The lowest BCUT2D eigenvalue weighted by atomic mass is 10.2. The molecule has 0 unspecified atom stereocenters. The van der Waals surface area contributed by atoms with Crippen molar-refractivity contribution < 1.29 is 44.6 Å². The van der Waals surface area contributed by atoms with E-state index in [1.54, 1.807) is 0 Å². The number of hydrogen-bond acceptors (Lipinski definition) is 9. The van der Waals surface area contributed by atoms with Gasteiger partial charge >= 0.3 is 0 Å². The van der Waals surface area contributed by atoms with Crippen molar-refractivity contribution in [1.82, 2.24) is 19.9 Å². The van der Waals surface area contributed by atoms with Crippen LogP contribution < -0.4 is 18.9 Å². The van der Waals surface area contributed by atoms with Crippen molar-refractivity contribution in [1.29, 1.82) is 0 Å². The minimum atomic E-state index is -5.34. The number of para-hydroxylation sites is 2. The molecule has 4 aromatic rings. The highest BCUT2D eigenvalue weighted by Gasteiger charge is 2.25. The maximum Gasteiger partial charge on any atom is 0.280 e. The van der Waals surface area contributed by atoms with Crippen molar-refractivity contribution in [2.45, 2.75) is 11.9 Å². The van der Waals surface area contributed by atoms with E-state index < -0.39 is 125 Å². The van der Waals surface area contributed by atoms with Crippen LogP contribution in [0.1, 0.15) is 27.5 Å². The van der Waals surface area contributed by atoms with E-state index in [-0.39, 0.29) is 0 Å². The molecule has 0 amide bonds. The number of sulfonamides is 1. The second-order valence-corrected chi connectivity index (χ2v) is 7.60. The van der Waals surface area contributed by atoms with Gasteiger partial charge in [0.15, 0.2) is 28.2 Å². The molecule has 34 heavy (non-hydrogen) atoms. The molecule has 0 radical (unpaired) electrons. The topological polar surface area (TPSA) is 125 Å². The molecule has 1 N–H and O–H groups in total. The highest BCUT2D eigenvalue weighted by atomic mass is 32.2. The summed E-state index contributed by atoms with van der Waals surface area (Å²) >= 11 is 0. The summed E-state index contributed by atoms with van der Waals surface area (Å²) in [6.07, 6.45) is -2.91. The van der Waals surface area contributed by atoms with E-state index in [0.717, 1.165) is 12.1 Å². The summed E-state index contributed by atoms with van der Waals surface area (Å²) in [5.74, 6) is -5.16. The molecule has 10 nitrogen and oxygen atoms in total. The first-order valence-corrected chi connectivity index (χ1v) is 10.3. The number of nitrogens with zero attached hydrogens (tertiary/aromatic N) is 4. The van der Waals surface area contributed by atoms with E-state index >= 15 is 0 Å². The minimum Gasteiger partial charge on any atom is -0.493 e. The molecule has 1 aromatic carbocycles. The van der Waals surface area contributed by atoms with E-state index in [2.05, 4.69) is 19.9 Å². The van der Waals surface area contributed by atoms with Crippen LogP contribution in [-0.4, -0.2) is 42.4 Å². The van der Waals surface area contributed by atoms with Gasteiger partial charge < -0.3 is 14.2 Å². The van der Waals surface area contributed by atoms with Crippen LogP contribution in [0.4, 0.5) is 5.82 Å². The van der Waals surface area contributed by atoms with E-state index in [4.69, 9.17) is 36.1 Å². The standard InChI is InChI=1S/C23H21N5O5S/c1-15-8-9-19(25-14-15)34(29,30)28-22-20(33-18-7-5-4-6-17(18)31-2)23(32-3)27-21(26-22)16-10-12-24-13-11-16/h4-14H,1-3H3,(H,26,27,28)/i1D3,2D3,3D3,8D,9D,10D,11D,12D,13D,14D. The average Bonchev–Trinajstić information content (AvgIpc) is 2.94. The first-order chi connectivity index (χ1) is 22.8. The number of ether oxygens (including phenoxy) is 3. The number of methoxy groups -OCH3 is 2. The first-order valence-electron chi connectivity index (χ1n) is 16.8. The first kappa shape index (κ1) is 10.3. The number of hydrogen-bond donors (Lipinski definition) is 1. The smallest absolute Gasteiger partial charge is 0.280 e. The Hall–Kier alpha value is -4.25. The highest BCUT2D eigenvalue weighted by Crippen LogP contribution is 2.41. The zero-order valence-electron chi connectivity index (χ0n) is 32.5. The fourth-order valence-corrected chi connectivity index (χ4v) is 3.26. The zero-order valence-corrected chi connectivity index (χ0v) is 17.4. The van der Waals surface area contributed by atoms with Gasteiger partial charge in [0.1, 0.15) is 0 Å². The lowest BCUT2D eigenvalue weighted by molar-refractivity contribution is 0.348. The monoisotopic (exact) mass is 495 g/mol. The number of nitrogens with one attached hydrogen (secondary N) is 1. The van der Waals surface area contributed by atoms with Crippen LogP contribution in [0, 0.1) is 6.85 Å². The molecule has 0 spiro atoms. The molecule has 0 aliphatic heterocycles. The van der Waals surface area contributed by atoms with Crippen LogP contribution in [0.3, 0.4) is 0 Å². The fourth-order valence-electron chi connectivity index (χ4n) is 2.42. The van der Waals surface area contributed by atoms with Crippen LogP contribution in [-0.2, 0) is 10.0 Å². The van der Waals surface area contributed by atoms with Crippen LogP contribution in [0.5, 0.6) is 23.1 Å². The Morgan fingerprint density at radius 1 is 1.00 bits per heavy atom. The van der Waals surface area contributed by atoms with Crippen molar-refractivity contribution in [3.8, 4) is 34.5 Å². The summed E-state index contributed by atoms with van der Waals surface area (Å²) in [5.41, 5.74) is -1.76. The quantitative estimate of drug-likeness (QED) is 0.388. The molecule has 0 saturated heterocycles. The number of benzene rings is 1. The fraction of sp³-hybridized carbons (Fsp3) is 0.130. The van der Waals surface area contributed by atoms with Gasteiger partial charge in [-0.25, -0.2) is 9.97 Å². The highest BCUT2D eigenvalue weighted by molar-refractivity contribution is 7.92. The third-order valence-corrected chi connectivity index (χ3v) is 5.01. The van der Waals surface area contributed by atoms with Gasteiger partial charge in [-0.05, 0) is 42.7 Å². The molecule has 3 heterocycles. The van der Waals surface area contributed by atoms with Crippen LogP contribution >= 0.6 is 0 Å². The Labute approximate surface area is 219 Å². The Bertz CT molecular complexity index is 2070. The summed E-state index contributed by atoms with van der Waals surface area (Å²) in [6, 6.07) is 0.655. The van der Waals surface area contributed by atoms with Gasteiger partial charge in [0, 0.05) is 28.2 Å². The van der Waals surface area contributed by atoms with Gasteiger partial charge in [-0.3, -0.25) is 9.71 Å². The molecular weight excluding hydrogens is 458 g/mol. The Balaban J connectivity index is 2.07. The summed E-state index contributed by atoms with van der Waals surface area (Å²) in [6.45, 7) is -3.14. The van der Waals surface area contributed by atoms with Crippen LogP contribution in [0.25, 0.3) is 11.4 Å². The normalized spacial score (nSPS) is 18.9. The summed E-state index contributed by atoms with van der Waals surface area (Å²) < 4.78 is 169. The van der Waals surface area contributed by atoms with Crippen LogP contribution in [0.2, 0.25) is 0 Å². The predicted octanol–water partition coefficient (Wildman–Crippen LogP) is 3.85. The third kappa shape index (κ3) is 4.89. The lowest BCUT2D eigenvalue weighted by Crippen LogP contribution is -2.17. The molecule has 0 bridgehead atoms. The van der Waals surface area contributed by atoms with Gasteiger partial charge in [-0.15, -0.1) is 0 Å². The average molecular weight is 496 g/mol. The maximum atomic E-state index is 13.7. The lowest BCUT2D eigenvalue weighted by Gasteiger charge is -2.17. The van der Waals surface area contributed by atoms with Crippen molar-refractivity contribution in [2.24, 2.45) is 0 Å². The van der Waals surface area contributed by atoms with E-state index in [1.807, 2.05) is 4.72 Å². The van der Waals surface area contributed by atoms with Gasteiger partial charge in [0.25, 0.3) is 15.9 Å². The molecule has 0 saturated carbocycles. The van der Waals surface area contributed by atoms with Gasteiger partial charge in [-0.2, -0.15) is 13.4 Å². The van der Waals surface area contributed by atoms with Gasteiger partial charge in [-0.1, -0.05) is 18.2 Å². The summed E-state index contributed by atoms with van der Waals surface area (Å²) in [7, 11) is -11.8. The Morgan fingerprint density at radius 2 is 1.79 bits per heavy atom. The molecule has 0 atom stereocenters. The SMILES string of the molecule is [2H]c1nc([2H])c([2H])c(-c2nc(NS(=O)(=O)c3nc([2H])c(C([2H])([2H])[2H])c([2H])c3[2H])c(Oc3ccccc3OC([2H])([2H])[2H])c(OC([2H])([2H])[2H])n2)c1[2H]. The molecule has 3 aromatic heterocycles. The van der Waals surface area contributed by atoms with Crippen molar-refractivity contribution in [2.75, 3.05) is 18.8 Å². The predicted molar refractivity (Wildman–Crippen MR) is 125 cm³/mol. The van der Waals surface area contributed by atoms with E-state index in [1.165, 1.54) is 12.1 Å². The van der Waals surface area contributed by atoms with Gasteiger partial charge in [0.2, 0.25) is 5.75 Å². The second-order valence-electron chi connectivity index (χ2n) is 6.00. The number of anilines is 1. The second kappa shape index (κ2) is 9.71. The number of pyridine rings is 2. The molecule has 0 fully saturated rings. The van der Waals surface area contributed by atoms with Crippen LogP contribution in [0.15, 0.2) is 72.0 Å². The maximum absolute atomic E-state index is 13.7. The van der Waals surface area contributed by atoms with E-state index in [0.29, 0.717) is 0 Å². The van der Waals surface area contributed by atoms with Crippen molar-refractivity contribution in [3.05, 3.63) is 72.5 Å². The Kier molecular flexibility index (Phi) is 2.95. The molecule has 11 heteroatoms. The molecule has 0 aliphatic rings. The molecule has 174 valence electrons. The summed E-state index contributed by atoms with van der Waals surface area (Å²) in [5, 5.41) is -1.37. The molecule has 0 aliphatic carbocycles. The minimum absolute atomic E-state index is 0.494. The third-order valence-electron chi connectivity index (χ3n) is 3.85. The van der Waals surface area contributed by atoms with Crippen molar-refractivity contribution >= 4 is 15.8 Å². The van der Waals surface area contributed by atoms with E-state index in [9.17, 15) is 8.42 Å². The largest absolute Gasteiger partial charge is 0.493 e. The molecule has 4 rings (SSSR count).